The summed E-state index contributed by atoms with van der Waals surface area (Å²) >= 11 is 0. The Bertz CT molecular complexity index is 336. The van der Waals surface area contributed by atoms with Crippen LogP contribution in [0.5, 0.6) is 0 Å². The van der Waals surface area contributed by atoms with Gasteiger partial charge in [0.2, 0.25) is 5.91 Å². The van der Waals surface area contributed by atoms with E-state index in [9.17, 15) is 4.79 Å². The number of benzene rings is 1. The van der Waals surface area contributed by atoms with Crippen LogP contribution < -0.4 is 11.1 Å². The van der Waals surface area contributed by atoms with E-state index in [4.69, 9.17) is 10.5 Å². The summed E-state index contributed by atoms with van der Waals surface area (Å²) in [7, 11) is 1.50. The Morgan fingerprint density at radius 1 is 1.29 bits per heavy atom. The molecule has 1 aromatic rings. The number of unbranched alkanes of at least 4 members (excludes halogenated alkanes) is 1. The molecule has 0 saturated heterocycles. The topological polar surface area (TPSA) is 64.3 Å². The van der Waals surface area contributed by atoms with Crippen molar-refractivity contribution in [2.75, 3.05) is 25.6 Å². The van der Waals surface area contributed by atoms with Gasteiger partial charge in [0.05, 0.1) is 0 Å². The summed E-state index contributed by atoms with van der Waals surface area (Å²) in [5.41, 5.74) is 7.51. The number of ether oxygens (including phenoxy) is 1. The highest BCUT2D eigenvalue weighted by Crippen LogP contribution is 2.11. The number of nitrogens with one attached hydrogen (secondary N) is 1. The zero-order valence-electron chi connectivity index (χ0n) is 10.2. The van der Waals surface area contributed by atoms with Gasteiger partial charge in [0, 0.05) is 12.8 Å². The Kier molecular flexibility index (Phi) is 6.29. The Balaban J connectivity index is 2.41. The van der Waals surface area contributed by atoms with Crippen LogP contribution in [-0.2, 0) is 16.0 Å². The SMILES string of the molecule is COCC(=O)Nc1ccc(CCCCN)cc1. The molecule has 0 aliphatic heterocycles. The minimum Gasteiger partial charge on any atom is -0.375 e. The van der Waals surface area contributed by atoms with Crippen LogP contribution in [0.3, 0.4) is 0 Å². The van der Waals surface area contributed by atoms with Crippen molar-refractivity contribution in [1.29, 1.82) is 0 Å². The summed E-state index contributed by atoms with van der Waals surface area (Å²) in [5.74, 6) is -0.136. The second-order valence-corrected chi connectivity index (χ2v) is 3.92. The van der Waals surface area contributed by atoms with Gasteiger partial charge in [0.1, 0.15) is 6.61 Å². The molecule has 0 heterocycles. The number of aryl methyl sites for hydroxylation is 1. The number of anilines is 1. The van der Waals surface area contributed by atoms with E-state index in [1.807, 2.05) is 24.3 Å². The molecule has 1 amide bonds. The lowest BCUT2D eigenvalue weighted by atomic mass is 10.1. The molecule has 0 atom stereocenters. The lowest BCUT2D eigenvalue weighted by Gasteiger charge is -2.06. The molecule has 1 aromatic carbocycles. The fourth-order valence-corrected chi connectivity index (χ4v) is 1.56. The summed E-state index contributed by atoms with van der Waals surface area (Å²) in [6, 6.07) is 7.87. The molecule has 0 unspecified atom stereocenters. The number of hydrogen-bond donors (Lipinski definition) is 2. The number of nitrogens with two attached hydrogens (primary N) is 1. The molecule has 0 radical (unpaired) electrons. The van der Waals surface area contributed by atoms with Gasteiger partial charge in [-0.2, -0.15) is 0 Å². The normalized spacial score (nSPS) is 10.2. The van der Waals surface area contributed by atoms with Crippen molar-refractivity contribution in [3.8, 4) is 0 Å². The van der Waals surface area contributed by atoms with E-state index < -0.39 is 0 Å². The molecule has 0 spiro atoms. The Labute approximate surface area is 102 Å². The monoisotopic (exact) mass is 236 g/mol. The molecular formula is C13H20N2O2. The minimum atomic E-state index is -0.136. The van der Waals surface area contributed by atoms with E-state index in [0.717, 1.165) is 31.5 Å². The van der Waals surface area contributed by atoms with Gasteiger partial charge in [0.25, 0.3) is 0 Å². The summed E-state index contributed by atoms with van der Waals surface area (Å²) in [4.78, 5) is 11.3. The molecule has 94 valence electrons. The van der Waals surface area contributed by atoms with Crippen LogP contribution in [0.15, 0.2) is 24.3 Å². The average molecular weight is 236 g/mol. The van der Waals surface area contributed by atoms with Gasteiger partial charge in [-0.15, -0.1) is 0 Å². The van der Waals surface area contributed by atoms with Crippen molar-refractivity contribution in [2.45, 2.75) is 19.3 Å². The van der Waals surface area contributed by atoms with Crippen LogP contribution in [0.25, 0.3) is 0 Å². The lowest BCUT2D eigenvalue weighted by Crippen LogP contribution is -2.16. The lowest BCUT2D eigenvalue weighted by molar-refractivity contribution is -0.119. The van der Waals surface area contributed by atoms with E-state index in [-0.39, 0.29) is 12.5 Å². The van der Waals surface area contributed by atoms with Crippen LogP contribution in [0.4, 0.5) is 5.69 Å². The zero-order chi connectivity index (χ0) is 12.5. The summed E-state index contributed by atoms with van der Waals surface area (Å²) in [6.07, 6.45) is 3.18. The quantitative estimate of drug-likeness (QED) is 0.706. The first kappa shape index (κ1) is 13.7. The summed E-state index contributed by atoms with van der Waals surface area (Å²) < 4.78 is 4.74. The maximum atomic E-state index is 11.3. The van der Waals surface area contributed by atoms with E-state index >= 15 is 0 Å². The maximum absolute atomic E-state index is 11.3. The summed E-state index contributed by atoms with van der Waals surface area (Å²) in [6.45, 7) is 0.823. The van der Waals surface area contributed by atoms with Crippen LogP contribution >= 0.6 is 0 Å². The van der Waals surface area contributed by atoms with E-state index in [0.29, 0.717) is 0 Å². The van der Waals surface area contributed by atoms with Crippen molar-refractivity contribution < 1.29 is 9.53 Å². The van der Waals surface area contributed by atoms with Gasteiger partial charge in [-0.1, -0.05) is 12.1 Å². The van der Waals surface area contributed by atoms with Crippen molar-refractivity contribution in [3.05, 3.63) is 29.8 Å². The number of carbonyl (C=O) groups is 1. The third-order valence-corrected chi connectivity index (χ3v) is 2.43. The smallest absolute Gasteiger partial charge is 0.250 e. The minimum absolute atomic E-state index is 0.0816. The fourth-order valence-electron chi connectivity index (χ4n) is 1.56. The van der Waals surface area contributed by atoms with Crippen molar-refractivity contribution in [1.82, 2.24) is 0 Å². The van der Waals surface area contributed by atoms with E-state index in [1.165, 1.54) is 12.7 Å². The van der Waals surface area contributed by atoms with Crippen molar-refractivity contribution >= 4 is 11.6 Å². The number of methoxy groups -OCH3 is 1. The average Bonchev–Trinajstić information content (AvgIpc) is 2.32. The summed E-state index contributed by atoms with van der Waals surface area (Å²) in [5, 5.41) is 2.75. The predicted molar refractivity (Wildman–Crippen MR) is 68.9 cm³/mol. The number of hydrogen-bond acceptors (Lipinski definition) is 3. The maximum Gasteiger partial charge on any atom is 0.250 e. The van der Waals surface area contributed by atoms with Gasteiger partial charge >= 0.3 is 0 Å². The van der Waals surface area contributed by atoms with Gasteiger partial charge in [-0.3, -0.25) is 4.79 Å². The standard InChI is InChI=1S/C13H20N2O2/c1-17-10-13(16)15-12-7-5-11(6-8-12)4-2-3-9-14/h5-8H,2-4,9-10,14H2,1H3,(H,15,16). The highest BCUT2D eigenvalue weighted by Gasteiger charge is 2.01. The van der Waals surface area contributed by atoms with Gasteiger partial charge in [0.15, 0.2) is 0 Å². The van der Waals surface area contributed by atoms with Crippen LogP contribution in [0, 0.1) is 0 Å². The fraction of sp³-hybridized carbons (Fsp3) is 0.462. The molecule has 0 bridgehead atoms. The van der Waals surface area contributed by atoms with Gasteiger partial charge < -0.3 is 15.8 Å². The molecule has 17 heavy (non-hydrogen) atoms. The molecule has 0 aromatic heterocycles. The van der Waals surface area contributed by atoms with Gasteiger partial charge in [-0.05, 0) is 43.5 Å². The highest BCUT2D eigenvalue weighted by atomic mass is 16.5. The van der Waals surface area contributed by atoms with E-state index in [2.05, 4.69) is 5.32 Å². The van der Waals surface area contributed by atoms with E-state index in [1.54, 1.807) is 0 Å². The first-order chi connectivity index (χ1) is 8.26. The molecular weight excluding hydrogens is 216 g/mol. The third kappa shape index (κ3) is 5.47. The van der Waals surface area contributed by atoms with Crippen LogP contribution in [0.1, 0.15) is 18.4 Å². The Morgan fingerprint density at radius 2 is 2.00 bits per heavy atom. The molecule has 4 heteroatoms. The molecule has 0 fully saturated rings. The third-order valence-electron chi connectivity index (χ3n) is 2.43. The first-order valence-corrected chi connectivity index (χ1v) is 5.84. The van der Waals surface area contributed by atoms with Crippen molar-refractivity contribution in [2.24, 2.45) is 5.73 Å². The molecule has 0 aliphatic rings. The van der Waals surface area contributed by atoms with Gasteiger partial charge in [-0.25, -0.2) is 0 Å². The second-order valence-electron chi connectivity index (χ2n) is 3.92. The molecule has 3 N–H and O–H groups in total. The second kappa shape index (κ2) is 7.81. The first-order valence-electron chi connectivity index (χ1n) is 5.84. The highest BCUT2D eigenvalue weighted by molar-refractivity contribution is 5.91. The number of carbonyl (C=O) groups excluding carboxylic acids is 1. The van der Waals surface area contributed by atoms with Crippen LogP contribution in [0.2, 0.25) is 0 Å². The predicted octanol–water partition coefficient (Wildman–Crippen LogP) is 1.55. The Morgan fingerprint density at radius 3 is 2.59 bits per heavy atom. The number of amides is 1. The molecule has 0 aliphatic carbocycles. The largest absolute Gasteiger partial charge is 0.375 e. The Hall–Kier alpha value is -1.39. The zero-order valence-corrected chi connectivity index (χ0v) is 10.2. The molecule has 4 nitrogen and oxygen atoms in total. The van der Waals surface area contributed by atoms with Crippen molar-refractivity contribution in [3.63, 3.8) is 0 Å². The molecule has 1 rings (SSSR count). The number of rotatable bonds is 7. The van der Waals surface area contributed by atoms with Crippen LogP contribution in [-0.4, -0.2) is 26.2 Å². The molecule has 0 saturated carbocycles.